The number of nitrogens with zero attached hydrogens (tertiary/aromatic N) is 2. The van der Waals surface area contributed by atoms with Crippen LogP contribution in [0, 0.1) is 13.8 Å². The van der Waals surface area contributed by atoms with Crippen LogP contribution >= 0.6 is 34.8 Å². The van der Waals surface area contributed by atoms with Crippen molar-refractivity contribution < 1.29 is 18.0 Å². The first-order chi connectivity index (χ1) is 18.7. The van der Waals surface area contributed by atoms with Crippen molar-refractivity contribution in [3.63, 3.8) is 0 Å². The fraction of sp³-hybridized carbons (Fsp3) is 0.310. The molecule has 0 saturated carbocycles. The van der Waals surface area contributed by atoms with Gasteiger partial charge in [-0.15, -0.1) is 0 Å². The minimum absolute atomic E-state index is 0.0331. The summed E-state index contributed by atoms with van der Waals surface area (Å²) in [6.45, 7) is 8.28. The number of carbonyl (C=O) groups is 2. The lowest BCUT2D eigenvalue weighted by atomic mass is 10.1. The number of halogens is 3. The molecular weight excluding hydrogens is 593 g/mol. The van der Waals surface area contributed by atoms with E-state index < -0.39 is 34.4 Å². The van der Waals surface area contributed by atoms with Gasteiger partial charge >= 0.3 is 0 Å². The Morgan fingerprint density at radius 2 is 1.48 bits per heavy atom. The maximum absolute atomic E-state index is 14.0. The molecule has 7 nitrogen and oxygen atoms in total. The summed E-state index contributed by atoms with van der Waals surface area (Å²) in [4.78, 5) is 28.3. The highest BCUT2D eigenvalue weighted by molar-refractivity contribution is 7.92. The van der Waals surface area contributed by atoms with Gasteiger partial charge in [-0.1, -0.05) is 46.9 Å². The average molecular weight is 625 g/mol. The number of anilines is 1. The van der Waals surface area contributed by atoms with Crippen molar-refractivity contribution in [2.45, 2.75) is 58.1 Å². The van der Waals surface area contributed by atoms with E-state index in [2.05, 4.69) is 5.32 Å². The number of rotatable bonds is 10. The molecule has 40 heavy (non-hydrogen) atoms. The standard InChI is InChI=1S/C29H32Cl3N3O4S/c1-18(2)33-29(37)21(5)34(16-25-26(31)7-6-8-27(25)32)28(36)17-35(23-12-9-19(3)20(4)15-23)40(38,39)24-13-10-22(30)11-14-24/h6-15,18,21H,16-17H2,1-5H3,(H,33,37)/t21-/m0/s1. The maximum atomic E-state index is 14.0. The molecule has 11 heteroatoms. The number of benzene rings is 3. The molecule has 0 aliphatic carbocycles. The van der Waals surface area contributed by atoms with E-state index in [9.17, 15) is 18.0 Å². The van der Waals surface area contributed by atoms with Crippen molar-refractivity contribution in [2.24, 2.45) is 0 Å². The maximum Gasteiger partial charge on any atom is 0.264 e. The van der Waals surface area contributed by atoms with Crippen LogP contribution in [0.2, 0.25) is 15.1 Å². The molecule has 0 aliphatic heterocycles. The number of amides is 2. The first kappa shape index (κ1) is 31.7. The molecule has 0 spiro atoms. The topological polar surface area (TPSA) is 86.8 Å². The monoisotopic (exact) mass is 623 g/mol. The van der Waals surface area contributed by atoms with Crippen LogP contribution in [0.1, 0.15) is 37.5 Å². The Morgan fingerprint density at radius 3 is 2.02 bits per heavy atom. The van der Waals surface area contributed by atoms with Gasteiger partial charge in [-0.3, -0.25) is 13.9 Å². The molecule has 0 aliphatic rings. The number of sulfonamides is 1. The molecule has 1 N–H and O–H groups in total. The molecule has 0 saturated heterocycles. The number of aryl methyl sites for hydroxylation is 2. The van der Waals surface area contributed by atoms with Gasteiger partial charge in [-0.2, -0.15) is 0 Å². The van der Waals surface area contributed by atoms with Crippen LogP contribution in [0.3, 0.4) is 0 Å². The summed E-state index contributed by atoms with van der Waals surface area (Å²) in [6, 6.07) is 14.7. The first-order valence-corrected chi connectivity index (χ1v) is 15.2. The number of nitrogens with one attached hydrogen (secondary N) is 1. The van der Waals surface area contributed by atoms with Crippen molar-refractivity contribution in [3.8, 4) is 0 Å². The van der Waals surface area contributed by atoms with E-state index in [0.717, 1.165) is 15.4 Å². The highest BCUT2D eigenvalue weighted by Gasteiger charge is 2.33. The largest absolute Gasteiger partial charge is 0.352 e. The van der Waals surface area contributed by atoms with Gasteiger partial charge in [0.15, 0.2) is 0 Å². The lowest BCUT2D eigenvalue weighted by molar-refractivity contribution is -0.139. The van der Waals surface area contributed by atoms with Crippen LogP contribution in [0.4, 0.5) is 5.69 Å². The summed E-state index contributed by atoms with van der Waals surface area (Å²) in [5.41, 5.74) is 2.57. The molecule has 0 unspecified atom stereocenters. The van der Waals surface area contributed by atoms with Gasteiger partial charge in [0.1, 0.15) is 12.6 Å². The van der Waals surface area contributed by atoms with Gasteiger partial charge in [0.2, 0.25) is 11.8 Å². The van der Waals surface area contributed by atoms with Crippen molar-refractivity contribution in [1.82, 2.24) is 10.2 Å². The normalized spacial score (nSPS) is 12.2. The fourth-order valence-corrected chi connectivity index (χ4v) is 6.03. The Hall–Kier alpha value is -2.78. The van der Waals surface area contributed by atoms with Gasteiger partial charge in [-0.05, 0) is 94.3 Å². The highest BCUT2D eigenvalue weighted by Crippen LogP contribution is 2.29. The average Bonchev–Trinajstić information content (AvgIpc) is 2.88. The second-order valence-electron chi connectivity index (χ2n) is 9.80. The first-order valence-electron chi connectivity index (χ1n) is 12.6. The van der Waals surface area contributed by atoms with Gasteiger partial charge in [-0.25, -0.2) is 8.42 Å². The minimum Gasteiger partial charge on any atom is -0.352 e. The zero-order chi connectivity index (χ0) is 29.8. The van der Waals surface area contributed by atoms with Gasteiger partial charge in [0.05, 0.1) is 10.6 Å². The van der Waals surface area contributed by atoms with Crippen molar-refractivity contribution in [3.05, 3.63) is 92.4 Å². The summed E-state index contributed by atoms with van der Waals surface area (Å²) < 4.78 is 28.9. The second-order valence-corrected chi connectivity index (χ2v) is 12.9. The summed E-state index contributed by atoms with van der Waals surface area (Å²) in [7, 11) is -4.21. The molecule has 0 fully saturated rings. The molecule has 3 aromatic carbocycles. The van der Waals surface area contributed by atoms with Gasteiger partial charge < -0.3 is 10.2 Å². The second kappa shape index (κ2) is 13.3. The van der Waals surface area contributed by atoms with Crippen LogP contribution in [-0.4, -0.2) is 43.8 Å². The smallest absolute Gasteiger partial charge is 0.264 e. The third kappa shape index (κ3) is 7.49. The van der Waals surface area contributed by atoms with Crippen molar-refractivity contribution >= 4 is 62.3 Å². The molecule has 0 aromatic heterocycles. The molecule has 0 bridgehead atoms. The zero-order valence-electron chi connectivity index (χ0n) is 22.9. The summed E-state index contributed by atoms with van der Waals surface area (Å²) in [6.07, 6.45) is 0. The van der Waals surface area contributed by atoms with Crippen LogP contribution in [0.15, 0.2) is 65.6 Å². The Labute approximate surface area is 251 Å². The molecule has 0 radical (unpaired) electrons. The Kier molecular flexibility index (Phi) is 10.5. The quantitative estimate of drug-likeness (QED) is 0.283. The predicted molar refractivity (Wildman–Crippen MR) is 162 cm³/mol. The zero-order valence-corrected chi connectivity index (χ0v) is 26.0. The lowest BCUT2D eigenvalue weighted by Crippen LogP contribution is -2.52. The van der Waals surface area contributed by atoms with E-state index in [1.165, 1.54) is 29.2 Å². The van der Waals surface area contributed by atoms with Crippen LogP contribution in [0.25, 0.3) is 0 Å². The molecule has 2 amide bonds. The van der Waals surface area contributed by atoms with Gasteiger partial charge in [0.25, 0.3) is 10.0 Å². The summed E-state index contributed by atoms with van der Waals surface area (Å²) in [5, 5.41) is 3.83. The van der Waals surface area contributed by atoms with Crippen molar-refractivity contribution in [2.75, 3.05) is 10.8 Å². The van der Waals surface area contributed by atoms with E-state index >= 15 is 0 Å². The SMILES string of the molecule is Cc1ccc(N(CC(=O)N(Cc2c(Cl)cccc2Cl)[C@@H](C)C(=O)NC(C)C)S(=O)(=O)c2ccc(Cl)cc2)cc1C. The summed E-state index contributed by atoms with van der Waals surface area (Å²) in [5.74, 6) is -1.01. The third-order valence-electron chi connectivity index (χ3n) is 6.45. The third-order valence-corrected chi connectivity index (χ3v) is 9.20. The number of carbonyl (C=O) groups excluding carboxylic acids is 2. The number of hydrogen-bond acceptors (Lipinski definition) is 4. The summed E-state index contributed by atoms with van der Waals surface area (Å²) >= 11 is 18.8. The van der Waals surface area contributed by atoms with Crippen LogP contribution in [0.5, 0.6) is 0 Å². The molecule has 1 atom stereocenters. The van der Waals surface area contributed by atoms with E-state index in [-0.39, 0.29) is 17.5 Å². The van der Waals surface area contributed by atoms with Gasteiger partial charge in [0, 0.05) is 33.2 Å². The Bertz CT molecular complexity index is 1470. The predicted octanol–water partition coefficient (Wildman–Crippen LogP) is 6.40. The van der Waals surface area contributed by atoms with E-state index in [1.54, 1.807) is 43.3 Å². The van der Waals surface area contributed by atoms with E-state index in [4.69, 9.17) is 34.8 Å². The fourth-order valence-electron chi connectivity index (χ4n) is 3.98. The highest BCUT2D eigenvalue weighted by atomic mass is 35.5. The van der Waals surface area contributed by atoms with Crippen LogP contribution < -0.4 is 9.62 Å². The van der Waals surface area contributed by atoms with E-state index in [0.29, 0.717) is 26.3 Å². The Morgan fingerprint density at radius 1 is 0.875 bits per heavy atom. The van der Waals surface area contributed by atoms with Crippen LogP contribution in [-0.2, 0) is 26.2 Å². The molecule has 3 aromatic rings. The minimum atomic E-state index is -4.21. The number of hydrogen-bond donors (Lipinski definition) is 1. The molecule has 0 heterocycles. The Balaban J connectivity index is 2.10. The molecule has 3 rings (SSSR count). The lowest BCUT2D eigenvalue weighted by Gasteiger charge is -2.32. The molecule has 214 valence electrons. The van der Waals surface area contributed by atoms with Crippen molar-refractivity contribution in [1.29, 1.82) is 0 Å². The van der Waals surface area contributed by atoms with E-state index in [1.807, 2.05) is 27.7 Å². The molecular formula is C29H32Cl3N3O4S.